The molecule has 1 amide bonds. The molecule has 0 aliphatic rings. The van der Waals surface area contributed by atoms with Crippen LogP contribution in [0.5, 0.6) is 0 Å². The van der Waals surface area contributed by atoms with Gasteiger partial charge in [-0.3, -0.25) is 14.5 Å². The summed E-state index contributed by atoms with van der Waals surface area (Å²) in [6.07, 6.45) is 0.863. The number of ether oxygens (including phenoxy) is 1. The van der Waals surface area contributed by atoms with Crippen molar-refractivity contribution >= 4 is 23.5 Å². The third-order valence-corrected chi connectivity index (χ3v) is 3.14. The molecule has 0 saturated heterocycles. The second-order valence-corrected chi connectivity index (χ2v) is 5.13. The second-order valence-electron chi connectivity index (χ2n) is 4.69. The van der Waals surface area contributed by atoms with Gasteiger partial charge in [0.1, 0.15) is 0 Å². The summed E-state index contributed by atoms with van der Waals surface area (Å²) >= 11 is 5.80. The molecule has 0 saturated carbocycles. The van der Waals surface area contributed by atoms with Crippen LogP contribution in [-0.2, 0) is 20.9 Å². The maximum atomic E-state index is 11.9. The highest BCUT2D eigenvalue weighted by Crippen LogP contribution is 2.09. The lowest BCUT2D eigenvalue weighted by Crippen LogP contribution is -2.40. The Morgan fingerprint density at radius 3 is 2.48 bits per heavy atom. The Labute approximate surface area is 130 Å². The first kappa shape index (κ1) is 17.5. The van der Waals surface area contributed by atoms with Gasteiger partial charge in [-0.1, -0.05) is 30.7 Å². The summed E-state index contributed by atoms with van der Waals surface area (Å²) in [5.74, 6) is -0.462. The van der Waals surface area contributed by atoms with E-state index in [0.29, 0.717) is 18.1 Å². The molecule has 0 atom stereocenters. The van der Waals surface area contributed by atoms with E-state index in [4.69, 9.17) is 11.6 Å². The molecule has 1 aromatic carbocycles. The molecule has 5 nitrogen and oxygen atoms in total. The first-order chi connectivity index (χ1) is 10.0. The minimum atomic E-state index is -0.339. The van der Waals surface area contributed by atoms with Crippen molar-refractivity contribution in [3.05, 3.63) is 34.9 Å². The zero-order chi connectivity index (χ0) is 15.7. The summed E-state index contributed by atoms with van der Waals surface area (Å²) in [7, 11) is 1.34. The van der Waals surface area contributed by atoms with Gasteiger partial charge in [-0.25, -0.2) is 0 Å². The van der Waals surface area contributed by atoms with E-state index in [-0.39, 0.29) is 25.0 Å². The van der Waals surface area contributed by atoms with Crippen LogP contribution in [0, 0.1) is 0 Å². The summed E-state index contributed by atoms with van der Waals surface area (Å²) < 4.78 is 4.62. The summed E-state index contributed by atoms with van der Waals surface area (Å²) in [5, 5.41) is 3.49. The standard InChI is InChI=1S/C15H21ClN2O3/c1-3-8-18(11-15(20)21-2)10-14(19)17-9-12-4-6-13(16)7-5-12/h4-7H,3,8-11H2,1-2H3,(H,17,19). The molecule has 1 rings (SSSR count). The number of hydrogen-bond acceptors (Lipinski definition) is 4. The Bertz CT molecular complexity index is 462. The zero-order valence-corrected chi connectivity index (χ0v) is 13.2. The molecule has 1 aromatic rings. The van der Waals surface area contributed by atoms with Crippen LogP contribution in [0.25, 0.3) is 0 Å². The lowest BCUT2D eigenvalue weighted by molar-refractivity contribution is -0.142. The highest BCUT2D eigenvalue weighted by atomic mass is 35.5. The topological polar surface area (TPSA) is 58.6 Å². The molecule has 1 N–H and O–H groups in total. The van der Waals surface area contributed by atoms with Gasteiger partial charge in [-0.2, -0.15) is 0 Å². The van der Waals surface area contributed by atoms with Crippen LogP contribution in [0.4, 0.5) is 0 Å². The molecule has 116 valence electrons. The van der Waals surface area contributed by atoms with Gasteiger partial charge in [0.05, 0.1) is 20.2 Å². The third-order valence-electron chi connectivity index (χ3n) is 2.89. The molecular formula is C15H21ClN2O3. The fraction of sp³-hybridized carbons (Fsp3) is 0.467. The fourth-order valence-electron chi connectivity index (χ4n) is 1.84. The van der Waals surface area contributed by atoms with Crippen LogP contribution in [0.1, 0.15) is 18.9 Å². The Hall–Kier alpha value is -1.59. The Balaban J connectivity index is 2.42. The molecule has 0 heterocycles. The molecule has 0 aliphatic carbocycles. The number of carbonyl (C=O) groups excluding carboxylic acids is 2. The van der Waals surface area contributed by atoms with E-state index in [9.17, 15) is 9.59 Å². The molecule has 0 radical (unpaired) electrons. The van der Waals surface area contributed by atoms with Gasteiger partial charge < -0.3 is 10.1 Å². The summed E-state index contributed by atoms with van der Waals surface area (Å²) in [6, 6.07) is 7.29. The molecule has 0 unspecified atom stereocenters. The Morgan fingerprint density at radius 1 is 1.24 bits per heavy atom. The van der Waals surface area contributed by atoms with Gasteiger partial charge in [-0.05, 0) is 30.7 Å². The van der Waals surface area contributed by atoms with Gasteiger partial charge in [0, 0.05) is 11.6 Å². The molecule has 0 fully saturated rings. The second kappa shape index (κ2) is 9.37. The van der Waals surface area contributed by atoms with Crippen molar-refractivity contribution in [2.24, 2.45) is 0 Å². The van der Waals surface area contributed by atoms with Crippen molar-refractivity contribution in [3.63, 3.8) is 0 Å². The zero-order valence-electron chi connectivity index (χ0n) is 12.4. The van der Waals surface area contributed by atoms with Crippen LogP contribution >= 0.6 is 11.6 Å². The van der Waals surface area contributed by atoms with E-state index in [0.717, 1.165) is 12.0 Å². The van der Waals surface area contributed by atoms with Crippen molar-refractivity contribution in [2.75, 3.05) is 26.7 Å². The number of esters is 1. The normalized spacial score (nSPS) is 10.5. The average molecular weight is 313 g/mol. The van der Waals surface area contributed by atoms with Crippen LogP contribution in [0.3, 0.4) is 0 Å². The number of benzene rings is 1. The predicted octanol–water partition coefficient (Wildman–Crippen LogP) is 1.84. The molecule has 0 spiro atoms. The average Bonchev–Trinajstić information content (AvgIpc) is 2.46. The van der Waals surface area contributed by atoms with Crippen LogP contribution in [0.2, 0.25) is 5.02 Å². The first-order valence-electron chi connectivity index (χ1n) is 6.85. The maximum Gasteiger partial charge on any atom is 0.319 e. The van der Waals surface area contributed by atoms with Crippen molar-refractivity contribution in [1.29, 1.82) is 0 Å². The lowest BCUT2D eigenvalue weighted by Gasteiger charge is -2.19. The summed E-state index contributed by atoms with van der Waals surface area (Å²) in [6.45, 7) is 3.41. The fourth-order valence-corrected chi connectivity index (χ4v) is 1.97. The molecular weight excluding hydrogens is 292 g/mol. The highest BCUT2D eigenvalue weighted by Gasteiger charge is 2.13. The van der Waals surface area contributed by atoms with Gasteiger partial charge in [-0.15, -0.1) is 0 Å². The number of nitrogens with one attached hydrogen (secondary N) is 1. The maximum absolute atomic E-state index is 11.9. The number of halogens is 1. The molecule has 0 bridgehead atoms. The van der Waals surface area contributed by atoms with Gasteiger partial charge in [0.25, 0.3) is 0 Å². The van der Waals surface area contributed by atoms with Crippen molar-refractivity contribution in [3.8, 4) is 0 Å². The number of methoxy groups -OCH3 is 1. The quantitative estimate of drug-likeness (QED) is 0.744. The highest BCUT2D eigenvalue weighted by molar-refractivity contribution is 6.30. The van der Waals surface area contributed by atoms with Gasteiger partial charge >= 0.3 is 5.97 Å². The summed E-state index contributed by atoms with van der Waals surface area (Å²) in [5.41, 5.74) is 0.975. The number of rotatable bonds is 8. The van der Waals surface area contributed by atoms with Crippen LogP contribution < -0.4 is 5.32 Å². The van der Waals surface area contributed by atoms with E-state index < -0.39 is 0 Å². The van der Waals surface area contributed by atoms with Crippen molar-refractivity contribution in [1.82, 2.24) is 10.2 Å². The molecule has 21 heavy (non-hydrogen) atoms. The Morgan fingerprint density at radius 2 is 1.90 bits per heavy atom. The lowest BCUT2D eigenvalue weighted by atomic mass is 10.2. The van der Waals surface area contributed by atoms with E-state index in [1.165, 1.54) is 7.11 Å². The van der Waals surface area contributed by atoms with Crippen molar-refractivity contribution in [2.45, 2.75) is 19.9 Å². The minimum absolute atomic E-state index is 0.123. The van der Waals surface area contributed by atoms with E-state index in [1.54, 1.807) is 17.0 Å². The number of nitrogens with zero attached hydrogens (tertiary/aromatic N) is 1. The predicted molar refractivity (Wildman–Crippen MR) is 82.0 cm³/mol. The Kier molecular flexibility index (Phi) is 7.79. The molecule has 0 aliphatic heterocycles. The van der Waals surface area contributed by atoms with E-state index in [1.807, 2.05) is 19.1 Å². The number of hydrogen-bond donors (Lipinski definition) is 1. The van der Waals surface area contributed by atoms with Gasteiger partial charge in [0.15, 0.2) is 0 Å². The first-order valence-corrected chi connectivity index (χ1v) is 7.23. The number of carbonyl (C=O) groups is 2. The SMILES string of the molecule is CCCN(CC(=O)NCc1ccc(Cl)cc1)CC(=O)OC. The third kappa shape index (κ3) is 7.11. The summed E-state index contributed by atoms with van der Waals surface area (Å²) in [4.78, 5) is 25.0. The van der Waals surface area contributed by atoms with E-state index >= 15 is 0 Å². The van der Waals surface area contributed by atoms with Crippen LogP contribution in [0.15, 0.2) is 24.3 Å². The van der Waals surface area contributed by atoms with E-state index in [2.05, 4.69) is 10.1 Å². The number of amides is 1. The minimum Gasteiger partial charge on any atom is -0.468 e. The van der Waals surface area contributed by atoms with Gasteiger partial charge in [0.2, 0.25) is 5.91 Å². The largest absolute Gasteiger partial charge is 0.468 e. The monoisotopic (exact) mass is 312 g/mol. The smallest absolute Gasteiger partial charge is 0.319 e. The van der Waals surface area contributed by atoms with Crippen LogP contribution in [-0.4, -0.2) is 43.5 Å². The molecule has 6 heteroatoms. The molecule has 0 aromatic heterocycles. The van der Waals surface area contributed by atoms with Crippen molar-refractivity contribution < 1.29 is 14.3 Å².